The van der Waals surface area contributed by atoms with E-state index >= 15 is 0 Å². The summed E-state index contributed by atoms with van der Waals surface area (Å²) < 4.78 is 0. The van der Waals surface area contributed by atoms with Crippen molar-refractivity contribution in [3.8, 4) is 0 Å². The van der Waals surface area contributed by atoms with E-state index in [0.717, 1.165) is 44.1 Å². The second-order valence-electron chi connectivity index (χ2n) is 9.53. The van der Waals surface area contributed by atoms with Crippen LogP contribution in [-0.2, 0) is 4.79 Å². The van der Waals surface area contributed by atoms with Crippen molar-refractivity contribution in [3.63, 3.8) is 0 Å². The quantitative estimate of drug-likeness (QED) is 0.551. The van der Waals surface area contributed by atoms with Crippen LogP contribution in [0.5, 0.6) is 0 Å². The van der Waals surface area contributed by atoms with Crippen molar-refractivity contribution >= 4 is 17.4 Å². The van der Waals surface area contributed by atoms with Crippen molar-refractivity contribution in [2.24, 2.45) is 28.6 Å². The number of carbonyl (C=O) groups is 1. The monoisotopic (exact) mass is 362 g/mol. The molecular formula is C22H31ClO2. The fourth-order valence-corrected chi connectivity index (χ4v) is 7.33. The van der Waals surface area contributed by atoms with E-state index in [0.29, 0.717) is 17.8 Å². The summed E-state index contributed by atoms with van der Waals surface area (Å²) >= 11 is 5.94. The zero-order valence-corrected chi connectivity index (χ0v) is 16.5. The summed E-state index contributed by atoms with van der Waals surface area (Å²) in [6.45, 7) is 6.93. The third kappa shape index (κ3) is 2.43. The number of aliphatic hydroxyl groups is 1. The highest BCUT2D eigenvalue weighted by Gasteiger charge is 2.58. The maximum Gasteiger partial charge on any atom is 0.174 e. The summed E-state index contributed by atoms with van der Waals surface area (Å²) in [5.74, 6) is 2.22. The number of alkyl halides is 1. The van der Waals surface area contributed by atoms with Crippen LogP contribution in [0.25, 0.3) is 0 Å². The van der Waals surface area contributed by atoms with Gasteiger partial charge in [0, 0.05) is 5.57 Å². The second-order valence-corrected chi connectivity index (χ2v) is 9.80. The van der Waals surface area contributed by atoms with E-state index in [2.05, 4.69) is 26.8 Å². The molecule has 0 aromatic carbocycles. The van der Waals surface area contributed by atoms with Crippen molar-refractivity contribution in [2.75, 3.05) is 5.88 Å². The lowest BCUT2D eigenvalue weighted by molar-refractivity contribution is -0.115. The van der Waals surface area contributed by atoms with Gasteiger partial charge in [0.2, 0.25) is 0 Å². The van der Waals surface area contributed by atoms with Crippen molar-refractivity contribution < 1.29 is 9.90 Å². The third-order valence-corrected chi connectivity index (χ3v) is 8.63. The van der Waals surface area contributed by atoms with E-state index in [-0.39, 0.29) is 28.6 Å². The molecule has 2 fully saturated rings. The molecule has 0 aromatic heterocycles. The standard InChI is InChI=1S/C22H31ClO2/c1-13-10-18-16-5-4-14-11-15(24)6-8-21(14,2)17(16)7-9-22(18,3)20(13)19(25)12-23/h4,15-18,24H,5-12H2,1-3H3/t15-,16+,17-,18-,21-,22-/m0/s1. The fraction of sp³-hybridized carbons (Fsp3) is 0.773. The molecule has 1 N–H and O–H groups in total. The minimum Gasteiger partial charge on any atom is -0.393 e. The van der Waals surface area contributed by atoms with Gasteiger partial charge in [-0.15, -0.1) is 11.6 Å². The van der Waals surface area contributed by atoms with Gasteiger partial charge in [-0.2, -0.15) is 0 Å². The number of hydrogen-bond donors (Lipinski definition) is 1. The van der Waals surface area contributed by atoms with Crippen LogP contribution in [0.2, 0.25) is 0 Å². The van der Waals surface area contributed by atoms with Crippen LogP contribution >= 0.6 is 11.6 Å². The fourth-order valence-electron chi connectivity index (χ4n) is 7.19. The highest BCUT2D eigenvalue weighted by molar-refractivity contribution is 6.30. The lowest BCUT2D eigenvalue weighted by atomic mass is 9.47. The van der Waals surface area contributed by atoms with Crippen molar-refractivity contribution in [3.05, 3.63) is 22.8 Å². The van der Waals surface area contributed by atoms with Gasteiger partial charge in [0.25, 0.3) is 0 Å². The molecular weight excluding hydrogens is 332 g/mol. The molecule has 0 spiro atoms. The van der Waals surface area contributed by atoms with Crippen molar-refractivity contribution in [1.82, 2.24) is 0 Å². The summed E-state index contributed by atoms with van der Waals surface area (Å²) in [7, 11) is 0. The van der Waals surface area contributed by atoms with E-state index in [1.165, 1.54) is 17.6 Å². The lowest BCUT2D eigenvalue weighted by Crippen LogP contribution is -2.50. The molecule has 138 valence electrons. The van der Waals surface area contributed by atoms with Crippen molar-refractivity contribution in [1.29, 1.82) is 0 Å². The normalized spacial score (nSPS) is 46.2. The number of aliphatic hydroxyl groups excluding tert-OH is 1. The van der Waals surface area contributed by atoms with Gasteiger partial charge >= 0.3 is 0 Å². The van der Waals surface area contributed by atoms with Crippen LogP contribution in [-0.4, -0.2) is 22.9 Å². The predicted octanol–water partition coefficient (Wildman–Crippen LogP) is 5.04. The van der Waals surface area contributed by atoms with Gasteiger partial charge in [0.05, 0.1) is 12.0 Å². The molecule has 25 heavy (non-hydrogen) atoms. The molecule has 0 amide bonds. The third-order valence-electron chi connectivity index (χ3n) is 8.39. The van der Waals surface area contributed by atoms with Crippen molar-refractivity contribution in [2.45, 2.75) is 71.8 Å². The van der Waals surface area contributed by atoms with Gasteiger partial charge in [-0.3, -0.25) is 4.79 Å². The Labute approximate surface area is 156 Å². The molecule has 2 nitrogen and oxygen atoms in total. The largest absolute Gasteiger partial charge is 0.393 e. The first-order chi connectivity index (χ1) is 11.8. The van der Waals surface area contributed by atoms with Gasteiger partial charge < -0.3 is 5.11 Å². The summed E-state index contributed by atoms with van der Waals surface area (Å²) in [4.78, 5) is 12.5. The highest BCUT2D eigenvalue weighted by atomic mass is 35.5. The Morgan fingerprint density at radius 2 is 1.92 bits per heavy atom. The number of ketones is 1. The Kier molecular flexibility index (Phi) is 4.24. The van der Waals surface area contributed by atoms with Crippen LogP contribution in [0.1, 0.15) is 65.7 Å². The van der Waals surface area contributed by atoms with Gasteiger partial charge in [0.1, 0.15) is 0 Å². The maximum absolute atomic E-state index is 12.5. The molecule has 0 aliphatic heterocycles. The van der Waals surface area contributed by atoms with Gasteiger partial charge in [-0.25, -0.2) is 0 Å². The minimum atomic E-state index is -0.145. The Balaban J connectivity index is 1.68. The highest BCUT2D eigenvalue weighted by Crippen LogP contribution is 2.66. The second kappa shape index (κ2) is 5.96. The van der Waals surface area contributed by atoms with E-state index in [1.807, 2.05) is 0 Å². The molecule has 0 heterocycles. The summed E-state index contributed by atoms with van der Waals surface area (Å²) in [5, 5.41) is 10.1. The molecule has 4 aliphatic rings. The predicted molar refractivity (Wildman–Crippen MR) is 102 cm³/mol. The molecule has 3 heteroatoms. The molecule has 2 saturated carbocycles. The molecule has 6 atom stereocenters. The van der Waals surface area contributed by atoms with Gasteiger partial charge in [-0.1, -0.05) is 31.1 Å². The summed E-state index contributed by atoms with van der Waals surface area (Å²) in [6, 6.07) is 0. The average molecular weight is 363 g/mol. The zero-order valence-electron chi connectivity index (χ0n) is 15.8. The van der Waals surface area contributed by atoms with Crippen LogP contribution in [0, 0.1) is 28.6 Å². The number of rotatable bonds is 2. The molecule has 0 unspecified atom stereocenters. The lowest BCUT2D eigenvalue weighted by Gasteiger charge is -2.57. The molecule has 4 aliphatic carbocycles. The number of allylic oxidation sites excluding steroid dienone is 3. The van der Waals surface area contributed by atoms with E-state index in [9.17, 15) is 9.90 Å². The molecule has 0 saturated heterocycles. The van der Waals surface area contributed by atoms with Gasteiger partial charge in [-0.05, 0) is 80.5 Å². The number of carbonyl (C=O) groups excluding carboxylic acids is 1. The van der Waals surface area contributed by atoms with Gasteiger partial charge in [0.15, 0.2) is 5.78 Å². The smallest absolute Gasteiger partial charge is 0.174 e. The van der Waals surface area contributed by atoms with E-state index in [4.69, 9.17) is 11.6 Å². The van der Waals surface area contributed by atoms with Crippen LogP contribution in [0.4, 0.5) is 0 Å². The SMILES string of the molecule is CC1=C(C(=O)CCl)[C@@]2(C)CC[C@H]3[C@@H](CC=C4C[C@@H](O)CC[C@@]43C)[C@@H]2C1. The molecule has 4 rings (SSSR count). The Morgan fingerprint density at radius 3 is 2.64 bits per heavy atom. The van der Waals surface area contributed by atoms with E-state index < -0.39 is 0 Å². The van der Waals surface area contributed by atoms with Crippen LogP contribution < -0.4 is 0 Å². The molecule has 0 bridgehead atoms. The maximum atomic E-state index is 12.5. The molecule has 0 aromatic rings. The number of Topliss-reactive ketones (excluding diaryl/α,β-unsaturated/α-hetero) is 1. The number of fused-ring (bicyclic) bond motifs is 5. The van der Waals surface area contributed by atoms with Crippen LogP contribution in [0.3, 0.4) is 0 Å². The first-order valence-electron chi connectivity index (χ1n) is 9.98. The summed E-state index contributed by atoms with van der Waals surface area (Å²) in [6.07, 6.45) is 9.73. The first kappa shape index (κ1) is 17.8. The molecule has 0 radical (unpaired) electrons. The number of halogens is 1. The Hall–Kier alpha value is -0.600. The zero-order chi connectivity index (χ0) is 18.0. The minimum absolute atomic E-state index is 0.0209. The average Bonchev–Trinajstić information content (AvgIpc) is 2.85. The first-order valence-corrected chi connectivity index (χ1v) is 10.5. The topological polar surface area (TPSA) is 37.3 Å². The summed E-state index contributed by atoms with van der Waals surface area (Å²) in [5.41, 5.74) is 4.14. The van der Waals surface area contributed by atoms with E-state index in [1.54, 1.807) is 0 Å². The van der Waals surface area contributed by atoms with Crippen LogP contribution in [0.15, 0.2) is 22.8 Å². The Bertz CT molecular complexity index is 663. The Morgan fingerprint density at radius 1 is 1.20 bits per heavy atom. The number of hydrogen-bond acceptors (Lipinski definition) is 2.